The number of ether oxygens (including phenoxy) is 1. The zero-order chi connectivity index (χ0) is 15.7. The smallest absolute Gasteiger partial charge is 0.142 e. The molecule has 0 spiro atoms. The predicted molar refractivity (Wildman–Crippen MR) is 87.9 cm³/mol. The molecule has 3 N–H and O–H groups in total. The molecule has 1 aromatic heterocycles. The maximum absolute atomic E-state index is 9.70. The Morgan fingerprint density at radius 2 is 2.05 bits per heavy atom. The van der Waals surface area contributed by atoms with Crippen LogP contribution < -0.4 is 10.5 Å². The van der Waals surface area contributed by atoms with E-state index in [9.17, 15) is 5.26 Å². The summed E-state index contributed by atoms with van der Waals surface area (Å²) in [5.41, 5.74) is 10.4. The molecule has 0 radical (unpaired) electrons. The number of nitrogens with zero attached hydrogens (tertiary/aromatic N) is 1. The lowest BCUT2D eigenvalue weighted by atomic mass is 9.90. The van der Waals surface area contributed by atoms with Crippen molar-refractivity contribution in [3.63, 3.8) is 0 Å². The molecular weight excluding hydrogens is 274 g/mol. The summed E-state index contributed by atoms with van der Waals surface area (Å²) in [7, 11) is 1.59. The van der Waals surface area contributed by atoms with Gasteiger partial charge in [-0.2, -0.15) is 5.26 Å². The minimum atomic E-state index is -0.371. The highest BCUT2D eigenvalue weighted by molar-refractivity contribution is 5.84. The molecule has 110 valence electrons. The first kappa shape index (κ1) is 14.0. The fourth-order valence-corrected chi connectivity index (χ4v) is 2.78. The molecule has 4 nitrogen and oxygen atoms in total. The molecule has 1 heterocycles. The maximum Gasteiger partial charge on any atom is 0.142 e. The highest BCUT2D eigenvalue weighted by Gasteiger charge is 2.19. The van der Waals surface area contributed by atoms with Gasteiger partial charge in [-0.1, -0.05) is 24.3 Å². The molecule has 4 heteroatoms. The number of nitriles is 1. The second-order valence-electron chi connectivity index (χ2n) is 5.31. The van der Waals surface area contributed by atoms with Crippen molar-refractivity contribution in [2.24, 2.45) is 0 Å². The van der Waals surface area contributed by atoms with Gasteiger partial charge in [0.2, 0.25) is 0 Å². The third-order valence-corrected chi connectivity index (χ3v) is 3.99. The number of anilines is 1. The van der Waals surface area contributed by atoms with Gasteiger partial charge in [-0.15, -0.1) is 0 Å². The molecule has 0 aliphatic carbocycles. The van der Waals surface area contributed by atoms with Gasteiger partial charge >= 0.3 is 0 Å². The summed E-state index contributed by atoms with van der Waals surface area (Å²) >= 11 is 0. The number of aromatic nitrogens is 1. The number of para-hydroxylation sites is 1. The second-order valence-corrected chi connectivity index (χ2v) is 5.31. The van der Waals surface area contributed by atoms with Gasteiger partial charge in [0.05, 0.1) is 24.8 Å². The number of hydrogen-bond donors (Lipinski definition) is 2. The largest absolute Gasteiger partial charge is 0.495 e. The van der Waals surface area contributed by atoms with Gasteiger partial charge in [-0.3, -0.25) is 0 Å². The summed E-state index contributed by atoms with van der Waals surface area (Å²) in [6.07, 6.45) is 1.90. The maximum atomic E-state index is 9.70. The van der Waals surface area contributed by atoms with Crippen LogP contribution in [-0.4, -0.2) is 12.1 Å². The molecule has 2 aromatic carbocycles. The van der Waals surface area contributed by atoms with Crippen LogP contribution in [0.5, 0.6) is 5.75 Å². The molecule has 3 rings (SSSR count). The van der Waals surface area contributed by atoms with Gasteiger partial charge in [0, 0.05) is 17.1 Å². The summed E-state index contributed by atoms with van der Waals surface area (Å²) in [6, 6.07) is 14.2. The summed E-state index contributed by atoms with van der Waals surface area (Å²) in [6.45, 7) is 1.92. The highest BCUT2D eigenvalue weighted by Crippen LogP contribution is 2.35. The van der Waals surface area contributed by atoms with E-state index >= 15 is 0 Å². The third kappa shape index (κ3) is 2.17. The fraction of sp³-hybridized carbons (Fsp3) is 0.167. The number of nitrogens with one attached hydrogen (secondary N) is 1. The Morgan fingerprint density at radius 1 is 1.27 bits per heavy atom. The molecule has 1 atom stereocenters. The van der Waals surface area contributed by atoms with Crippen molar-refractivity contribution in [1.82, 2.24) is 4.98 Å². The Kier molecular flexibility index (Phi) is 3.48. The van der Waals surface area contributed by atoms with Crippen molar-refractivity contribution in [2.45, 2.75) is 12.8 Å². The zero-order valence-electron chi connectivity index (χ0n) is 12.6. The van der Waals surface area contributed by atoms with Gasteiger partial charge in [0.25, 0.3) is 0 Å². The van der Waals surface area contributed by atoms with Crippen LogP contribution >= 0.6 is 0 Å². The molecule has 1 unspecified atom stereocenters. The molecule has 0 fully saturated rings. The number of benzene rings is 2. The molecule has 0 saturated carbocycles. The van der Waals surface area contributed by atoms with Crippen LogP contribution in [0.4, 0.5) is 5.69 Å². The summed E-state index contributed by atoms with van der Waals surface area (Å²) < 4.78 is 5.32. The van der Waals surface area contributed by atoms with Crippen LogP contribution in [0, 0.1) is 18.3 Å². The summed E-state index contributed by atoms with van der Waals surface area (Å²) in [5, 5.41) is 10.8. The topological polar surface area (TPSA) is 74.8 Å². The number of rotatable bonds is 3. The van der Waals surface area contributed by atoms with E-state index in [-0.39, 0.29) is 5.92 Å². The van der Waals surface area contributed by atoms with Crippen LogP contribution in [0.1, 0.15) is 22.6 Å². The molecule has 22 heavy (non-hydrogen) atoms. The van der Waals surface area contributed by atoms with E-state index in [1.54, 1.807) is 7.11 Å². The van der Waals surface area contributed by atoms with Crippen LogP contribution in [-0.2, 0) is 0 Å². The van der Waals surface area contributed by atoms with Gasteiger partial charge < -0.3 is 15.5 Å². The summed E-state index contributed by atoms with van der Waals surface area (Å²) in [4.78, 5) is 3.22. The molecule has 0 saturated heterocycles. The number of fused-ring (bicyclic) bond motifs is 1. The van der Waals surface area contributed by atoms with Crippen LogP contribution in [0.2, 0.25) is 0 Å². The zero-order valence-corrected chi connectivity index (χ0v) is 12.6. The summed E-state index contributed by atoms with van der Waals surface area (Å²) in [5.74, 6) is 0.236. The minimum absolute atomic E-state index is 0.371. The molecule has 0 aliphatic heterocycles. The predicted octanol–water partition coefficient (Wildman–Crippen LogP) is 3.72. The molecule has 0 bridgehead atoms. The normalized spacial score (nSPS) is 12.0. The Bertz CT molecular complexity index is 874. The average Bonchev–Trinajstić information content (AvgIpc) is 2.95. The number of hydrogen-bond acceptors (Lipinski definition) is 3. The Hall–Kier alpha value is -2.93. The molecule has 0 aliphatic rings. The lowest BCUT2D eigenvalue weighted by Gasteiger charge is -2.14. The van der Waals surface area contributed by atoms with Gasteiger partial charge in [-0.05, 0) is 35.7 Å². The third-order valence-electron chi connectivity index (χ3n) is 3.99. The number of aromatic amines is 1. The van der Waals surface area contributed by atoms with Gasteiger partial charge in [0.15, 0.2) is 0 Å². The number of H-pyrrole nitrogens is 1. The average molecular weight is 291 g/mol. The number of nitrogens with two attached hydrogens (primary N) is 1. The number of aryl methyl sites for hydroxylation is 1. The standard InChI is InChI=1S/C18H17N3O/c1-11-7-12(8-17(22-2)18(11)20)14(9-19)15-10-21-16-6-4-3-5-13(15)16/h3-8,10,14,21H,20H2,1-2H3. The van der Waals surface area contributed by atoms with Crippen LogP contribution in [0.25, 0.3) is 10.9 Å². The first-order valence-corrected chi connectivity index (χ1v) is 7.05. The van der Waals surface area contributed by atoms with Crippen molar-refractivity contribution in [2.75, 3.05) is 12.8 Å². The van der Waals surface area contributed by atoms with Gasteiger partial charge in [-0.25, -0.2) is 0 Å². The Labute approximate surface area is 129 Å². The Morgan fingerprint density at radius 3 is 2.77 bits per heavy atom. The minimum Gasteiger partial charge on any atom is -0.495 e. The van der Waals surface area contributed by atoms with Crippen LogP contribution in [0.3, 0.4) is 0 Å². The van der Waals surface area contributed by atoms with E-state index in [4.69, 9.17) is 10.5 Å². The van der Waals surface area contributed by atoms with E-state index in [0.29, 0.717) is 11.4 Å². The molecule has 3 aromatic rings. The lowest BCUT2D eigenvalue weighted by molar-refractivity contribution is 0.416. The van der Waals surface area contributed by atoms with E-state index in [0.717, 1.165) is 27.6 Å². The van der Waals surface area contributed by atoms with Crippen molar-refractivity contribution < 1.29 is 4.74 Å². The van der Waals surface area contributed by atoms with Gasteiger partial charge in [0.1, 0.15) is 5.75 Å². The monoisotopic (exact) mass is 291 g/mol. The fourth-order valence-electron chi connectivity index (χ4n) is 2.78. The lowest BCUT2D eigenvalue weighted by Crippen LogP contribution is -2.02. The van der Waals surface area contributed by atoms with E-state index in [2.05, 4.69) is 11.1 Å². The number of nitrogen functional groups attached to an aromatic ring is 1. The van der Waals surface area contributed by atoms with E-state index < -0.39 is 0 Å². The molecule has 0 amide bonds. The Balaban J connectivity index is 2.17. The van der Waals surface area contributed by atoms with Crippen molar-refractivity contribution in [3.05, 3.63) is 59.3 Å². The van der Waals surface area contributed by atoms with E-state index in [1.165, 1.54) is 0 Å². The highest BCUT2D eigenvalue weighted by atomic mass is 16.5. The first-order valence-electron chi connectivity index (χ1n) is 7.05. The number of methoxy groups -OCH3 is 1. The first-order chi connectivity index (χ1) is 10.7. The van der Waals surface area contributed by atoms with Crippen LogP contribution in [0.15, 0.2) is 42.6 Å². The van der Waals surface area contributed by atoms with Crippen molar-refractivity contribution >= 4 is 16.6 Å². The van der Waals surface area contributed by atoms with Crippen molar-refractivity contribution in [3.8, 4) is 11.8 Å². The quantitative estimate of drug-likeness (QED) is 0.722. The van der Waals surface area contributed by atoms with E-state index in [1.807, 2.05) is 49.5 Å². The van der Waals surface area contributed by atoms with Crippen molar-refractivity contribution in [1.29, 1.82) is 5.26 Å². The SMILES string of the molecule is COc1cc(C(C#N)c2c[nH]c3ccccc23)cc(C)c1N. The second kappa shape index (κ2) is 5.45. The molecular formula is C18H17N3O.